The Balaban J connectivity index is 2.03. The molecule has 0 fully saturated rings. The van der Waals surface area contributed by atoms with Crippen molar-refractivity contribution in [2.24, 2.45) is 0 Å². The average Bonchev–Trinajstić information content (AvgIpc) is 2.43. The van der Waals surface area contributed by atoms with Gasteiger partial charge in [0.25, 0.3) is 0 Å². The van der Waals surface area contributed by atoms with Crippen LogP contribution in [0.5, 0.6) is 0 Å². The molecule has 3 heteroatoms. The highest BCUT2D eigenvalue weighted by atomic mass is 79.9. The SMILES string of the molecule is Cc1cc(Nc2cccc3ccccc23)ncc1Br. The summed E-state index contributed by atoms with van der Waals surface area (Å²) in [7, 11) is 0. The van der Waals surface area contributed by atoms with E-state index in [1.807, 2.05) is 24.4 Å². The van der Waals surface area contributed by atoms with Gasteiger partial charge in [0.15, 0.2) is 0 Å². The third-order valence-electron chi connectivity index (χ3n) is 3.10. The lowest BCUT2D eigenvalue weighted by molar-refractivity contribution is 1.25. The minimum Gasteiger partial charge on any atom is -0.340 e. The summed E-state index contributed by atoms with van der Waals surface area (Å²) in [4.78, 5) is 4.38. The molecule has 1 N–H and O–H groups in total. The monoisotopic (exact) mass is 312 g/mol. The Bertz CT molecular complexity index is 732. The number of halogens is 1. The highest BCUT2D eigenvalue weighted by Gasteiger charge is 2.03. The number of rotatable bonds is 2. The van der Waals surface area contributed by atoms with Gasteiger partial charge in [-0.05, 0) is 45.9 Å². The summed E-state index contributed by atoms with van der Waals surface area (Å²) < 4.78 is 1.02. The van der Waals surface area contributed by atoms with E-state index in [1.165, 1.54) is 10.8 Å². The van der Waals surface area contributed by atoms with Crippen molar-refractivity contribution in [1.29, 1.82) is 0 Å². The average molecular weight is 313 g/mol. The molecule has 0 atom stereocenters. The van der Waals surface area contributed by atoms with E-state index in [4.69, 9.17) is 0 Å². The molecule has 0 unspecified atom stereocenters. The molecule has 0 saturated carbocycles. The smallest absolute Gasteiger partial charge is 0.130 e. The van der Waals surface area contributed by atoms with Crippen LogP contribution in [-0.2, 0) is 0 Å². The van der Waals surface area contributed by atoms with Gasteiger partial charge in [0, 0.05) is 21.7 Å². The molecule has 2 nitrogen and oxygen atoms in total. The first kappa shape index (κ1) is 12.2. The summed E-state index contributed by atoms with van der Waals surface area (Å²) in [6.07, 6.45) is 1.82. The lowest BCUT2D eigenvalue weighted by Gasteiger charge is -2.10. The van der Waals surface area contributed by atoms with Crippen molar-refractivity contribution < 1.29 is 0 Å². The highest BCUT2D eigenvalue weighted by molar-refractivity contribution is 9.10. The molecule has 0 amide bonds. The number of hydrogen-bond donors (Lipinski definition) is 1. The maximum atomic E-state index is 4.38. The van der Waals surface area contributed by atoms with Crippen LogP contribution < -0.4 is 5.32 Å². The van der Waals surface area contributed by atoms with E-state index in [0.29, 0.717) is 0 Å². The summed E-state index contributed by atoms with van der Waals surface area (Å²) in [5, 5.41) is 5.81. The Morgan fingerprint density at radius 3 is 2.68 bits per heavy atom. The van der Waals surface area contributed by atoms with E-state index in [-0.39, 0.29) is 0 Å². The van der Waals surface area contributed by atoms with Gasteiger partial charge in [0.1, 0.15) is 5.82 Å². The van der Waals surface area contributed by atoms with Gasteiger partial charge in [-0.1, -0.05) is 36.4 Å². The predicted molar refractivity (Wildman–Crippen MR) is 83.9 cm³/mol. The molecule has 0 aliphatic carbocycles. The molecule has 19 heavy (non-hydrogen) atoms. The Kier molecular flexibility index (Phi) is 3.22. The topological polar surface area (TPSA) is 24.9 Å². The van der Waals surface area contributed by atoms with Gasteiger partial charge in [-0.25, -0.2) is 4.98 Å². The number of benzene rings is 2. The van der Waals surface area contributed by atoms with Gasteiger partial charge >= 0.3 is 0 Å². The van der Waals surface area contributed by atoms with Gasteiger partial charge in [-0.3, -0.25) is 0 Å². The van der Waals surface area contributed by atoms with Crippen molar-refractivity contribution in [3.63, 3.8) is 0 Å². The Labute approximate surface area is 120 Å². The van der Waals surface area contributed by atoms with E-state index in [1.54, 1.807) is 0 Å². The molecule has 0 aliphatic rings. The maximum absolute atomic E-state index is 4.38. The first-order valence-electron chi connectivity index (χ1n) is 6.11. The molecule has 1 heterocycles. The van der Waals surface area contributed by atoms with Crippen LogP contribution in [0.25, 0.3) is 10.8 Å². The van der Waals surface area contributed by atoms with Gasteiger partial charge in [-0.2, -0.15) is 0 Å². The molecule has 0 radical (unpaired) electrons. The summed E-state index contributed by atoms with van der Waals surface area (Å²) in [6.45, 7) is 2.06. The molecule has 94 valence electrons. The molecule has 0 saturated heterocycles. The zero-order valence-corrected chi connectivity index (χ0v) is 12.1. The Hall–Kier alpha value is -1.87. The molecule has 0 spiro atoms. The third-order valence-corrected chi connectivity index (χ3v) is 3.93. The van der Waals surface area contributed by atoms with Crippen molar-refractivity contribution in [1.82, 2.24) is 4.98 Å². The van der Waals surface area contributed by atoms with Crippen LogP contribution in [-0.4, -0.2) is 4.98 Å². The number of hydrogen-bond acceptors (Lipinski definition) is 2. The van der Waals surface area contributed by atoms with E-state index < -0.39 is 0 Å². The predicted octanol–water partition coefficient (Wildman–Crippen LogP) is 5.05. The normalized spacial score (nSPS) is 10.6. The highest BCUT2D eigenvalue weighted by Crippen LogP contribution is 2.26. The molecule has 1 aromatic heterocycles. The van der Waals surface area contributed by atoms with Crippen LogP contribution in [0.15, 0.2) is 59.2 Å². The van der Waals surface area contributed by atoms with Crippen molar-refractivity contribution in [2.45, 2.75) is 6.92 Å². The molecule has 3 rings (SSSR count). The summed E-state index contributed by atoms with van der Waals surface area (Å²) in [5.41, 5.74) is 2.24. The van der Waals surface area contributed by atoms with Gasteiger partial charge < -0.3 is 5.32 Å². The van der Waals surface area contributed by atoms with E-state index >= 15 is 0 Å². The fourth-order valence-electron chi connectivity index (χ4n) is 2.08. The fraction of sp³-hybridized carbons (Fsp3) is 0.0625. The number of nitrogens with one attached hydrogen (secondary N) is 1. The van der Waals surface area contributed by atoms with E-state index in [0.717, 1.165) is 21.5 Å². The van der Waals surface area contributed by atoms with Crippen LogP contribution in [0.2, 0.25) is 0 Å². The van der Waals surface area contributed by atoms with Crippen molar-refractivity contribution in [3.05, 3.63) is 64.8 Å². The van der Waals surface area contributed by atoms with Crippen LogP contribution in [0.3, 0.4) is 0 Å². The molecule has 2 aromatic carbocycles. The molecular weight excluding hydrogens is 300 g/mol. The number of anilines is 2. The van der Waals surface area contributed by atoms with Gasteiger partial charge in [-0.15, -0.1) is 0 Å². The molecule has 3 aromatic rings. The minimum absolute atomic E-state index is 0.858. The maximum Gasteiger partial charge on any atom is 0.130 e. The zero-order chi connectivity index (χ0) is 13.2. The lowest BCUT2D eigenvalue weighted by Crippen LogP contribution is -1.95. The van der Waals surface area contributed by atoms with Crippen LogP contribution in [0, 0.1) is 6.92 Å². The van der Waals surface area contributed by atoms with Crippen molar-refractivity contribution in [3.8, 4) is 0 Å². The summed E-state index contributed by atoms with van der Waals surface area (Å²) in [6, 6.07) is 16.6. The van der Waals surface area contributed by atoms with E-state index in [9.17, 15) is 0 Å². The number of aryl methyl sites for hydroxylation is 1. The van der Waals surface area contributed by atoms with Crippen molar-refractivity contribution >= 4 is 38.2 Å². The first-order chi connectivity index (χ1) is 9.24. The minimum atomic E-state index is 0.858. The molecule has 0 bridgehead atoms. The first-order valence-corrected chi connectivity index (χ1v) is 6.90. The number of pyridine rings is 1. The lowest BCUT2D eigenvalue weighted by atomic mass is 10.1. The standard InChI is InChI=1S/C16H13BrN2/c1-11-9-16(18-10-14(11)17)19-15-8-4-6-12-5-2-3-7-13(12)15/h2-10H,1H3,(H,18,19). The number of fused-ring (bicyclic) bond motifs is 1. The molecule has 0 aliphatic heterocycles. The van der Waals surface area contributed by atoms with Crippen LogP contribution >= 0.6 is 15.9 Å². The van der Waals surface area contributed by atoms with Crippen LogP contribution in [0.4, 0.5) is 11.5 Å². The number of aromatic nitrogens is 1. The largest absolute Gasteiger partial charge is 0.340 e. The second kappa shape index (κ2) is 5.02. The quantitative estimate of drug-likeness (QED) is 0.716. The summed E-state index contributed by atoms with van der Waals surface area (Å²) in [5.74, 6) is 0.858. The number of nitrogens with zero attached hydrogens (tertiary/aromatic N) is 1. The fourth-order valence-corrected chi connectivity index (χ4v) is 2.30. The second-order valence-electron chi connectivity index (χ2n) is 4.47. The third kappa shape index (κ3) is 2.47. The summed E-state index contributed by atoms with van der Waals surface area (Å²) >= 11 is 3.46. The van der Waals surface area contributed by atoms with Gasteiger partial charge in [0.05, 0.1) is 0 Å². The molecular formula is C16H13BrN2. The van der Waals surface area contributed by atoms with Crippen LogP contribution in [0.1, 0.15) is 5.56 Å². The van der Waals surface area contributed by atoms with Gasteiger partial charge in [0.2, 0.25) is 0 Å². The Morgan fingerprint density at radius 1 is 1.05 bits per heavy atom. The Morgan fingerprint density at radius 2 is 1.84 bits per heavy atom. The second-order valence-corrected chi connectivity index (χ2v) is 5.32. The van der Waals surface area contributed by atoms with Crippen molar-refractivity contribution in [2.75, 3.05) is 5.32 Å². The van der Waals surface area contributed by atoms with E-state index in [2.05, 4.69) is 63.5 Å². The zero-order valence-electron chi connectivity index (χ0n) is 10.5.